The second-order valence-corrected chi connectivity index (χ2v) is 5.91. The molecular weight excluding hydrogens is 246 g/mol. The van der Waals surface area contributed by atoms with Gasteiger partial charge in [0.05, 0.1) is 7.11 Å². The Kier molecular flexibility index (Phi) is 7.68. The third kappa shape index (κ3) is 5.16. The van der Waals surface area contributed by atoms with Gasteiger partial charge in [0, 0.05) is 12.1 Å². The SMILES string of the molecule is CCCCCCNCc1cc(C)c(C(C)C)cc1OC. The van der Waals surface area contributed by atoms with Crippen LogP contribution in [0.25, 0.3) is 0 Å². The highest BCUT2D eigenvalue weighted by Crippen LogP contribution is 2.28. The first kappa shape index (κ1) is 17.0. The van der Waals surface area contributed by atoms with E-state index >= 15 is 0 Å². The van der Waals surface area contributed by atoms with Crippen molar-refractivity contribution in [2.75, 3.05) is 13.7 Å². The lowest BCUT2D eigenvalue weighted by molar-refractivity contribution is 0.406. The van der Waals surface area contributed by atoms with Crippen molar-refractivity contribution in [3.63, 3.8) is 0 Å². The van der Waals surface area contributed by atoms with Gasteiger partial charge in [0.2, 0.25) is 0 Å². The van der Waals surface area contributed by atoms with Crippen LogP contribution in [0.3, 0.4) is 0 Å². The maximum Gasteiger partial charge on any atom is 0.123 e. The van der Waals surface area contributed by atoms with Crippen molar-refractivity contribution in [1.82, 2.24) is 5.32 Å². The summed E-state index contributed by atoms with van der Waals surface area (Å²) >= 11 is 0. The second kappa shape index (κ2) is 9.02. The first-order valence-electron chi connectivity index (χ1n) is 7.98. The summed E-state index contributed by atoms with van der Waals surface area (Å²) in [6.45, 7) is 10.9. The van der Waals surface area contributed by atoms with Crippen LogP contribution in [-0.2, 0) is 6.54 Å². The van der Waals surface area contributed by atoms with Crippen molar-refractivity contribution in [3.05, 3.63) is 28.8 Å². The Bertz CT molecular complexity index is 399. The van der Waals surface area contributed by atoms with Crippen molar-refractivity contribution in [2.24, 2.45) is 0 Å². The molecule has 0 fully saturated rings. The van der Waals surface area contributed by atoms with Crippen LogP contribution in [0.2, 0.25) is 0 Å². The van der Waals surface area contributed by atoms with Crippen molar-refractivity contribution < 1.29 is 4.74 Å². The molecule has 0 saturated heterocycles. The van der Waals surface area contributed by atoms with Crippen LogP contribution < -0.4 is 10.1 Å². The van der Waals surface area contributed by atoms with Gasteiger partial charge < -0.3 is 10.1 Å². The monoisotopic (exact) mass is 277 g/mol. The minimum Gasteiger partial charge on any atom is -0.496 e. The predicted molar refractivity (Wildman–Crippen MR) is 87.7 cm³/mol. The minimum atomic E-state index is 0.542. The first-order valence-corrected chi connectivity index (χ1v) is 7.98. The Morgan fingerprint density at radius 3 is 2.50 bits per heavy atom. The molecule has 1 aromatic carbocycles. The van der Waals surface area contributed by atoms with Crippen LogP contribution in [0, 0.1) is 6.92 Å². The zero-order valence-corrected chi connectivity index (χ0v) is 13.9. The normalized spacial score (nSPS) is 11.1. The lowest BCUT2D eigenvalue weighted by Crippen LogP contribution is -2.15. The maximum atomic E-state index is 5.55. The summed E-state index contributed by atoms with van der Waals surface area (Å²) in [5, 5.41) is 3.53. The Hall–Kier alpha value is -1.02. The van der Waals surface area contributed by atoms with Gasteiger partial charge in [0.25, 0.3) is 0 Å². The number of ether oxygens (including phenoxy) is 1. The Morgan fingerprint density at radius 2 is 1.90 bits per heavy atom. The van der Waals surface area contributed by atoms with E-state index in [2.05, 4.69) is 45.1 Å². The first-order chi connectivity index (χ1) is 9.60. The van der Waals surface area contributed by atoms with Crippen molar-refractivity contribution in [3.8, 4) is 5.75 Å². The fraction of sp³-hybridized carbons (Fsp3) is 0.667. The molecule has 20 heavy (non-hydrogen) atoms. The molecule has 1 rings (SSSR count). The Morgan fingerprint density at radius 1 is 1.15 bits per heavy atom. The highest BCUT2D eigenvalue weighted by atomic mass is 16.5. The van der Waals surface area contributed by atoms with Crippen LogP contribution in [0.1, 0.15) is 69.1 Å². The fourth-order valence-corrected chi connectivity index (χ4v) is 2.61. The molecule has 0 heterocycles. The van der Waals surface area contributed by atoms with Gasteiger partial charge >= 0.3 is 0 Å². The number of hydrogen-bond acceptors (Lipinski definition) is 2. The Balaban J connectivity index is 2.59. The lowest BCUT2D eigenvalue weighted by atomic mass is 9.95. The van der Waals surface area contributed by atoms with E-state index < -0.39 is 0 Å². The summed E-state index contributed by atoms with van der Waals surface area (Å²) in [6.07, 6.45) is 5.22. The van der Waals surface area contributed by atoms with E-state index in [1.54, 1.807) is 7.11 Å². The Labute approximate surface area is 124 Å². The van der Waals surface area contributed by atoms with Crippen LogP contribution in [0.15, 0.2) is 12.1 Å². The number of aryl methyl sites for hydroxylation is 1. The summed E-state index contributed by atoms with van der Waals surface area (Å²) in [4.78, 5) is 0. The molecule has 0 aliphatic carbocycles. The summed E-state index contributed by atoms with van der Waals surface area (Å²) in [7, 11) is 1.76. The van der Waals surface area contributed by atoms with Gasteiger partial charge in [-0.2, -0.15) is 0 Å². The minimum absolute atomic E-state index is 0.542. The van der Waals surface area contributed by atoms with E-state index in [-0.39, 0.29) is 0 Å². The molecule has 0 bridgehead atoms. The predicted octanol–water partition coefficient (Wildman–Crippen LogP) is 4.80. The third-order valence-corrected chi connectivity index (χ3v) is 3.81. The summed E-state index contributed by atoms with van der Waals surface area (Å²) in [5.41, 5.74) is 4.02. The molecule has 0 amide bonds. The maximum absolute atomic E-state index is 5.55. The van der Waals surface area contributed by atoms with Gasteiger partial charge in [-0.05, 0) is 43.0 Å². The number of rotatable bonds is 9. The van der Waals surface area contributed by atoms with Crippen molar-refractivity contribution in [2.45, 2.75) is 65.8 Å². The largest absolute Gasteiger partial charge is 0.496 e. The molecule has 0 unspecified atom stereocenters. The molecule has 0 radical (unpaired) electrons. The number of hydrogen-bond donors (Lipinski definition) is 1. The molecule has 0 aromatic heterocycles. The molecule has 1 aromatic rings. The highest BCUT2D eigenvalue weighted by Gasteiger charge is 2.10. The molecule has 2 nitrogen and oxygen atoms in total. The number of nitrogens with one attached hydrogen (secondary N) is 1. The summed E-state index contributed by atoms with van der Waals surface area (Å²) in [5.74, 6) is 1.56. The second-order valence-electron chi connectivity index (χ2n) is 5.91. The molecule has 0 spiro atoms. The molecule has 1 N–H and O–H groups in total. The average Bonchev–Trinajstić information content (AvgIpc) is 2.42. The fourth-order valence-electron chi connectivity index (χ4n) is 2.61. The van der Waals surface area contributed by atoms with Crippen molar-refractivity contribution >= 4 is 0 Å². The summed E-state index contributed by atoms with van der Waals surface area (Å²) < 4.78 is 5.55. The molecule has 114 valence electrons. The molecule has 0 atom stereocenters. The standard InChI is InChI=1S/C18H31NO/c1-6-7-8-9-10-19-13-16-11-15(4)17(14(2)3)12-18(16)20-5/h11-12,14,19H,6-10,13H2,1-5H3. The molecular formula is C18H31NO. The molecule has 0 aliphatic heterocycles. The van der Waals surface area contributed by atoms with E-state index in [0.29, 0.717) is 5.92 Å². The van der Waals surface area contributed by atoms with Crippen LogP contribution in [0.4, 0.5) is 0 Å². The van der Waals surface area contributed by atoms with Gasteiger partial charge in [-0.25, -0.2) is 0 Å². The van der Waals surface area contributed by atoms with E-state index in [1.807, 2.05) is 0 Å². The van der Waals surface area contributed by atoms with Crippen molar-refractivity contribution in [1.29, 1.82) is 0 Å². The van der Waals surface area contributed by atoms with Gasteiger partial charge in [0.15, 0.2) is 0 Å². The number of methoxy groups -OCH3 is 1. The highest BCUT2D eigenvalue weighted by molar-refractivity contribution is 5.43. The van der Waals surface area contributed by atoms with Crippen LogP contribution in [0.5, 0.6) is 5.75 Å². The molecule has 2 heteroatoms. The average molecular weight is 277 g/mol. The lowest BCUT2D eigenvalue weighted by Gasteiger charge is -2.16. The van der Waals surface area contributed by atoms with Gasteiger partial charge in [0.1, 0.15) is 5.75 Å². The van der Waals surface area contributed by atoms with Gasteiger partial charge in [-0.1, -0.05) is 46.1 Å². The van der Waals surface area contributed by atoms with E-state index in [4.69, 9.17) is 4.74 Å². The molecule has 0 aliphatic rings. The number of benzene rings is 1. The summed E-state index contributed by atoms with van der Waals surface area (Å²) in [6, 6.07) is 4.47. The molecule has 0 saturated carbocycles. The van der Waals surface area contributed by atoms with Gasteiger partial charge in [-0.15, -0.1) is 0 Å². The quantitative estimate of drug-likeness (QED) is 0.655. The van der Waals surface area contributed by atoms with Crippen LogP contribution in [-0.4, -0.2) is 13.7 Å². The smallest absolute Gasteiger partial charge is 0.123 e. The van der Waals surface area contributed by atoms with E-state index in [9.17, 15) is 0 Å². The zero-order valence-electron chi connectivity index (χ0n) is 13.9. The van der Waals surface area contributed by atoms with Crippen LogP contribution >= 0.6 is 0 Å². The topological polar surface area (TPSA) is 21.3 Å². The third-order valence-electron chi connectivity index (χ3n) is 3.81. The zero-order chi connectivity index (χ0) is 15.0. The van der Waals surface area contributed by atoms with E-state index in [1.165, 1.54) is 42.4 Å². The number of unbranched alkanes of at least 4 members (excludes halogenated alkanes) is 3. The van der Waals surface area contributed by atoms with Gasteiger partial charge in [-0.3, -0.25) is 0 Å². The van der Waals surface area contributed by atoms with E-state index in [0.717, 1.165) is 18.8 Å².